The molecule has 0 amide bonds. The van der Waals surface area contributed by atoms with Crippen LogP contribution in [0.5, 0.6) is 0 Å². The summed E-state index contributed by atoms with van der Waals surface area (Å²) in [6.07, 6.45) is 11.4. The number of carbonyl (C=O) groups is 2. The molecule has 4 saturated carbocycles. The summed E-state index contributed by atoms with van der Waals surface area (Å²) in [7, 11) is 0. The Morgan fingerprint density at radius 2 is 1.50 bits per heavy atom. The zero-order valence-corrected chi connectivity index (χ0v) is 26.3. The fraction of sp³-hybridized carbons (Fsp3) is 0.730. The zero-order chi connectivity index (χ0) is 28.8. The van der Waals surface area contributed by atoms with E-state index in [4.69, 9.17) is 4.74 Å². The lowest BCUT2D eigenvalue weighted by atomic mass is 9.34. The maximum atomic E-state index is 14.1. The normalized spacial score (nSPS) is 41.7. The number of fused-ring (bicyclic) bond motifs is 6. The summed E-state index contributed by atoms with van der Waals surface area (Å²) in [4.78, 5) is 27.2. The topological polar surface area (TPSA) is 43.4 Å². The summed E-state index contributed by atoms with van der Waals surface area (Å²) in [6.45, 7) is 17.4. The average molecular weight is 545 g/mol. The minimum Gasteiger partial charge on any atom is -0.460 e. The van der Waals surface area contributed by atoms with Crippen LogP contribution >= 0.6 is 0 Å². The van der Waals surface area contributed by atoms with E-state index in [2.05, 4.69) is 48.5 Å². The number of benzene rings is 1. The number of hydrogen-bond acceptors (Lipinski definition) is 3. The van der Waals surface area contributed by atoms with Crippen molar-refractivity contribution in [3.05, 3.63) is 47.0 Å². The third-order valence-electron chi connectivity index (χ3n) is 13.9. The molecule has 3 nitrogen and oxygen atoms in total. The van der Waals surface area contributed by atoms with Gasteiger partial charge in [0.2, 0.25) is 0 Å². The second-order valence-corrected chi connectivity index (χ2v) is 16.5. The molecule has 0 saturated heterocycles. The average Bonchev–Trinajstić information content (AvgIpc) is 2.90. The molecule has 1 aromatic rings. The van der Waals surface area contributed by atoms with Gasteiger partial charge in [-0.1, -0.05) is 89.9 Å². The summed E-state index contributed by atoms with van der Waals surface area (Å²) in [5.74, 6) is 1.59. The minimum absolute atomic E-state index is 0.0203. The Kier molecular flexibility index (Phi) is 6.39. The van der Waals surface area contributed by atoms with E-state index in [1.54, 1.807) is 5.57 Å². The van der Waals surface area contributed by atoms with Crippen LogP contribution in [-0.4, -0.2) is 11.8 Å². The first-order valence-corrected chi connectivity index (χ1v) is 16.2. The van der Waals surface area contributed by atoms with Gasteiger partial charge in [0.15, 0.2) is 0 Å². The van der Waals surface area contributed by atoms with Crippen molar-refractivity contribution in [3.8, 4) is 0 Å². The summed E-state index contributed by atoms with van der Waals surface area (Å²) < 4.78 is 6.16. The van der Waals surface area contributed by atoms with E-state index in [0.29, 0.717) is 24.2 Å². The van der Waals surface area contributed by atoms with Crippen LogP contribution in [0.2, 0.25) is 0 Å². The van der Waals surface area contributed by atoms with Crippen molar-refractivity contribution < 1.29 is 14.3 Å². The number of Topliss-reactive ketones (excluding diaryl/α,β-unsaturated/α-hetero) is 1. The highest BCUT2D eigenvalue weighted by atomic mass is 16.5. The Hall–Kier alpha value is -1.90. The van der Waals surface area contributed by atoms with Crippen molar-refractivity contribution in [1.29, 1.82) is 0 Å². The fourth-order valence-electron chi connectivity index (χ4n) is 11.3. The van der Waals surface area contributed by atoms with Crippen LogP contribution in [0.1, 0.15) is 125 Å². The highest BCUT2D eigenvalue weighted by molar-refractivity contribution is 5.85. The number of hydrogen-bond donors (Lipinski definition) is 0. The number of ketones is 1. The van der Waals surface area contributed by atoms with Crippen LogP contribution in [0.4, 0.5) is 0 Å². The quantitative estimate of drug-likeness (QED) is 0.281. The number of esters is 1. The molecular formula is C37H52O3. The molecule has 218 valence electrons. The molecule has 40 heavy (non-hydrogen) atoms. The molecule has 0 spiro atoms. The van der Waals surface area contributed by atoms with Crippen LogP contribution in [0.25, 0.3) is 0 Å². The SMILES string of the molecule is CC1(C)CC[C@]2(C(=O)OCc3ccccc3)CC[C@]3(C)C(=C2C1)CCC1[C@@]2(C)CCC(=O)C(C)(C)C2CC[C@]13C. The molecule has 4 fully saturated rings. The highest BCUT2D eigenvalue weighted by Gasteiger charge is 2.68. The van der Waals surface area contributed by atoms with E-state index >= 15 is 0 Å². The van der Waals surface area contributed by atoms with Crippen LogP contribution in [-0.2, 0) is 20.9 Å². The Morgan fingerprint density at radius 1 is 0.800 bits per heavy atom. The van der Waals surface area contributed by atoms with E-state index in [-0.39, 0.29) is 33.0 Å². The van der Waals surface area contributed by atoms with Gasteiger partial charge in [0.1, 0.15) is 12.4 Å². The molecule has 2 unspecified atom stereocenters. The summed E-state index contributed by atoms with van der Waals surface area (Å²) in [5.41, 5.74) is 4.17. The molecule has 5 aliphatic rings. The molecule has 6 rings (SSSR count). The Morgan fingerprint density at radius 3 is 2.23 bits per heavy atom. The van der Waals surface area contributed by atoms with Gasteiger partial charge in [-0.25, -0.2) is 0 Å². The minimum atomic E-state index is -0.456. The predicted octanol–water partition coefficient (Wildman–Crippen LogP) is 9.24. The molecule has 0 heterocycles. The van der Waals surface area contributed by atoms with Crippen LogP contribution in [0, 0.1) is 44.3 Å². The lowest BCUT2D eigenvalue weighted by molar-refractivity contribution is -0.186. The van der Waals surface area contributed by atoms with E-state index in [1.807, 2.05) is 30.3 Å². The van der Waals surface area contributed by atoms with Crippen molar-refractivity contribution >= 4 is 11.8 Å². The summed E-state index contributed by atoms with van der Waals surface area (Å²) >= 11 is 0. The molecule has 1 aromatic carbocycles. The van der Waals surface area contributed by atoms with Gasteiger partial charge in [-0.3, -0.25) is 9.59 Å². The molecule has 5 aliphatic carbocycles. The van der Waals surface area contributed by atoms with Gasteiger partial charge in [-0.2, -0.15) is 0 Å². The molecule has 0 aliphatic heterocycles. The van der Waals surface area contributed by atoms with E-state index in [9.17, 15) is 9.59 Å². The van der Waals surface area contributed by atoms with Crippen molar-refractivity contribution in [3.63, 3.8) is 0 Å². The molecule has 0 aromatic heterocycles. The van der Waals surface area contributed by atoms with Gasteiger partial charge in [0.25, 0.3) is 0 Å². The molecule has 0 N–H and O–H groups in total. The van der Waals surface area contributed by atoms with Gasteiger partial charge >= 0.3 is 5.97 Å². The number of allylic oxidation sites excluding steroid dienone is 1. The summed E-state index contributed by atoms with van der Waals surface area (Å²) in [5, 5.41) is 0. The second-order valence-electron chi connectivity index (χ2n) is 16.5. The third kappa shape index (κ3) is 3.81. The van der Waals surface area contributed by atoms with Gasteiger partial charge in [0, 0.05) is 11.8 Å². The van der Waals surface area contributed by atoms with Gasteiger partial charge in [-0.05, 0) is 103 Å². The molecular weight excluding hydrogens is 492 g/mol. The smallest absolute Gasteiger partial charge is 0.316 e. The number of carbonyl (C=O) groups excluding carboxylic acids is 2. The first-order chi connectivity index (χ1) is 18.7. The van der Waals surface area contributed by atoms with Crippen LogP contribution < -0.4 is 0 Å². The van der Waals surface area contributed by atoms with Crippen LogP contribution in [0.15, 0.2) is 41.5 Å². The van der Waals surface area contributed by atoms with E-state index in [0.717, 1.165) is 63.4 Å². The lowest BCUT2D eigenvalue weighted by Crippen LogP contribution is -2.63. The largest absolute Gasteiger partial charge is 0.460 e. The lowest BCUT2D eigenvalue weighted by Gasteiger charge is -2.70. The molecule has 0 radical (unpaired) electrons. The van der Waals surface area contributed by atoms with Gasteiger partial charge < -0.3 is 4.74 Å². The van der Waals surface area contributed by atoms with Crippen molar-refractivity contribution in [1.82, 2.24) is 0 Å². The fourth-order valence-corrected chi connectivity index (χ4v) is 11.3. The van der Waals surface area contributed by atoms with Gasteiger partial charge in [-0.15, -0.1) is 0 Å². The zero-order valence-electron chi connectivity index (χ0n) is 26.3. The third-order valence-corrected chi connectivity index (χ3v) is 13.9. The second kappa shape index (κ2) is 9.05. The first-order valence-electron chi connectivity index (χ1n) is 16.2. The maximum absolute atomic E-state index is 14.1. The Bertz CT molecular complexity index is 1240. The molecule has 0 bridgehead atoms. The molecule has 6 atom stereocenters. The van der Waals surface area contributed by atoms with E-state index < -0.39 is 5.41 Å². The Labute approximate surface area is 242 Å². The standard InChI is InChI=1S/C37H52O3/c1-32(2)19-21-37(31(39)40-24-25-11-9-8-10-12-25)22-20-35(6)26(27(37)23-32)13-14-29-34(5)17-16-30(38)33(3,4)28(34)15-18-36(29,35)7/h8-12,28-29H,13-24H2,1-7H3/t28?,29?,34-,35+,36+,37-/m0/s1. The monoisotopic (exact) mass is 544 g/mol. The highest BCUT2D eigenvalue weighted by Crippen LogP contribution is 2.75. The Balaban J connectivity index is 1.39. The number of rotatable bonds is 3. The first kappa shape index (κ1) is 28.2. The maximum Gasteiger partial charge on any atom is 0.316 e. The van der Waals surface area contributed by atoms with Crippen molar-refractivity contribution in [2.75, 3.05) is 0 Å². The van der Waals surface area contributed by atoms with Crippen molar-refractivity contribution in [2.45, 2.75) is 126 Å². The van der Waals surface area contributed by atoms with Crippen LogP contribution in [0.3, 0.4) is 0 Å². The van der Waals surface area contributed by atoms with Gasteiger partial charge in [0.05, 0.1) is 5.41 Å². The molecule has 3 heteroatoms. The summed E-state index contributed by atoms with van der Waals surface area (Å²) in [6, 6.07) is 10.1. The predicted molar refractivity (Wildman–Crippen MR) is 160 cm³/mol. The van der Waals surface area contributed by atoms with E-state index in [1.165, 1.54) is 18.4 Å². The van der Waals surface area contributed by atoms with Crippen molar-refractivity contribution in [2.24, 2.45) is 44.3 Å². The number of ether oxygens (including phenoxy) is 1.